The lowest BCUT2D eigenvalue weighted by atomic mass is 9.98. The minimum atomic E-state index is -4.99. The van der Waals surface area contributed by atoms with Crippen molar-refractivity contribution in [1.82, 2.24) is 19.4 Å². The average molecular weight is 754 g/mol. The van der Waals surface area contributed by atoms with E-state index in [0.717, 1.165) is 15.5 Å². The third kappa shape index (κ3) is 7.52. The van der Waals surface area contributed by atoms with Crippen molar-refractivity contribution < 1.29 is 36.3 Å². The summed E-state index contributed by atoms with van der Waals surface area (Å²) in [6.45, 7) is 14.3. The molecule has 1 amide bonds. The van der Waals surface area contributed by atoms with Crippen LogP contribution in [0, 0.1) is 24.1 Å². The van der Waals surface area contributed by atoms with Crippen molar-refractivity contribution in [3.05, 3.63) is 81.9 Å². The van der Waals surface area contributed by atoms with E-state index < -0.39 is 67.2 Å². The average Bonchev–Trinajstić information content (AvgIpc) is 3.44. The van der Waals surface area contributed by atoms with Gasteiger partial charge in [-0.25, -0.2) is 14.2 Å². The molecule has 0 radical (unpaired) electrons. The number of nitrogens with zero attached hydrogens (tertiary/aromatic N) is 5. The van der Waals surface area contributed by atoms with Crippen molar-refractivity contribution >= 4 is 25.3 Å². The minimum absolute atomic E-state index is 0.0406. The number of nitriles is 1. The highest BCUT2D eigenvalue weighted by molar-refractivity contribution is 6.74. The molecule has 15 heteroatoms. The lowest BCUT2D eigenvalue weighted by Crippen LogP contribution is -2.58. The van der Waals surface area contributed by atoms with Crippen LogP contribution < -0.4 is 10.3 Å². The smallest absolute Gasteiger partial charge is 0.418 e. The van der Waals surface area contributed by atoms with E-state index in [-0.39, 0.29) is 33.7 Å². The highest BCUT2D eigenvalue weighted by Crippen LogP contribution is 2.52. The molecule has 0 N–H and O–H groups in total. The Morgan fingerprint density at radius 2 is 1.74 bits per heavy atom. The Hall–Kier alpha value is -4.81. The van der Waals surface area contributed by atoms with Gasteiger partial charge in [-0.1, -0.05) is 26.8 Å². The number of rotatable bonds is 6. The van der Waals surface area contributed by atoms with E-state index >= 15 is 17.6 Å². The van der Waals surface area contributed by atoms with Gasteiger partial charge < -0.3 is 13.9 Å². The number of hydrogen-bond donors (Lipinski definition) is 0. The second kappa shape index (κ2) is 13.6. The van der Waals surface area contributed by atoms with Crippen LogP contribution in [0.4, 0.5) is 22.4 Å². The number of aromatic nitrogens is 3. The first-order valence-electron chi connectivity index (χ1n) is 17.0. The van der Waals surface area contributed by atoms with Gasteiger partial charge in [-0.3, -0.25) is 19.2 Å². The van der Waals surface area contributed by atoms with Crippen LogP contribution in [0.2, 0.25) is 18.1 Å². The number of hydrogen-bond acceptors (Lipinski definition) is 8. The van der Waals surface area contributed by atoms with Crippen LogP contribution in [-0.2, 0) is 9.16 Å². The van der Waals surface area contributed by atoms with E-state index in [0.29, 0.717) is 16.8 Å². The van der Waals surface area contributed by atoms with Crippen LogP contribution in [0.1, 0.15) is 71.1 Å². The Morgan fingerprint density at radius 3 is 2.26 bits per heavy atom. The van der Waals surface area contributed by atoms with Gasteiger partial charge in [0, 0.05) is 35.5 Å². The van der Waals surface area contributed by atoms with Gasteiger partial charge in [-0.15, -0.1) is 0 Å². The molecule has 0 aliphatic carbocycles. The normalized spacial score (nSPS) is 18.3. The molecule has 5 rings (SSSR count). The number of likely N-dealkylation sites (tertiary alicyclic amines) is 1. The summed E-state index contributed by atoms with van der Waals surface area (Å²) in [7, 11) is -1.94. The molecule has 1 saturated heterocycles. The standard InChI is InChI=1S/C38H43F4N5O5Si/c1-22-11-12-24(20-44-22)26-15-23(19-43)16-27-31(26)45-32(47(33(27)48)25-13-14-30(50-8)28(39)17-25)29-18-37(38(40,41)42,52-53(9,10)36(5,6)7)21-46(29)34(49)51-35(2,3)4/h11-17,20,29H,18,21H2,1-10H3/t29-,37-/m0/s1. The predicted molar refractivity (Wildman–Crippen MR) is 194 cm³/mol. The summed E-state index contributed by atoms with van der Waals surface area (Å²) in [6, 6.07) is 10.3. The molecule has 1 aliphatic heterocycles. The van der Waals surface area contributed by atoms with Gasteiger partial charge in [0.25, 0.3) is 5.56 Å². The number of halogens is 4. The van der Waals surface area contributed by atoms with E-state index in [1.807, 2.05) is 6.07 Å². The number of amides is 1. The lowest BCUT2D eigenvalue weighted by molar-refractivity contribution is -0.247. The van der Waals surface area contributed by atoms with Gasteiger partial charge in [-0.05, 0) is 76.2 Å². The largest absolute Gasteiger partial charge is 0.494 e. The van der Waals surface area contributed by atoms with Crippen LogP contribution in [-0.4, -0.2) is 64.9 Å². The third-order valence-corrected chi connectivity index (χ3v) is 14.3. The molecule has 1 aliphatic rings. The second-order valence-electron chi connectivity index (χ2n) is 15.8. The summed E-state index contributed by atoms with van der Waals surface area (Å²) in [5.74, 6) is -1.30. The summed E-state index contributed by atoms with van der Waals surface area (Å²) in [4.78, 5) is 38.9. The summed E-state index contributed by atoms with van der Waals surface area (Å²) < 4.78 is 80.2. The van der Waals surface area contributed by atoms with Crippen molar-refractivity contribution in [1.29, 1.82) is 5.26 Å². The molecule has 3 heterocycles. The lowest BCUT2D eigenvalue weighted by Gasteiger charge is -2.44. The van der Waals surface area contributed by atoms with Crippen molar-refractivity contribution in [3.63, 3.8) is 0 Å². The molecule has 4 aromatic rings. The van der Waals surface area contributed by atoms with Crippen molar-refractivity contribution in [2.75, 3.05) is 13.7 Å². The van der Waals surface area contributed by atoms with Gasteiger partial charge in [-0.2, -0.15) is 18.4 Å². The third-order valence-electron chi connectivity index (χ3n) is 9.77. The number of alkyl halides is 3. The zero-order valence-corrected chi connectivity index (χ0v) is 32.4. The quantitative estimate of drug-likeness (QED) is 0.142. The van der Waals surface area contributed by atoms with Crippen LogP contribution >= 0.6 is 0 Å². The highest BCUT2D eigenvalue weighted by Gasteiger charge is 2.66. The first kappa shape index (κ1) is 39.4. The molecular weight excluding hydrogens is 711 g/mol. The van der Waals surface area contributed by atoms with Crippen molar-refractivity contribution in [3.8, 4) is 28.6 Å². The summed E-state index contributed by atoms with van der Waals surface area (Å²) >= 11 is 0. The Labute approximate surface area is 306 Å². The maximum atomic E-state index is 15.6. The van der Waals surface area contributed by atoms with Crippen molar-refractivity contribution in [2.24, 2.45) is 0 Å². The van der Waals surface area contributed by atoms with Crippen LogP contribution in [0.15, 0.2) is 53.5 Å². The highest BCUT2D eigenvalue weighted by atomic mass is 28.4. The Morgan fingerprint density at radius 1 is 1.06 bits per heavy atom. The second-order valence-corrected chi connectivity index (χ2v) is 20.6. The number of ether oxygens (including phenoxy) is 2. The molecule has 10 nitrogen and oxygen atoms in total. The van der Waals surface area contributed by atoms with Crippen molar-refractivity contribution in [2.45, 2.75) is 96.4 Å². The number of methoxy groups -OCH3 is 1. The number of carbonyl (C=O) groups excluding carboxylic acids is 1. The number of benzene rings is 2. The van der Waals surface area contributed by atoms with Gasteiger partial charge in [0.15, 0.2) is 25.5 Å². The van der Waals surface area contributed by atoms with E-state index in [4.69, 9.17) is 18.9 Å². The number of carbonyl (C=O) groups is 1. The maximum absolute atomic E-state index is 15.6. The fraction of sp³-hybridized carbons (Fsp3) is 0.447. The molecule has 2 aromatic carbocycles. The zero-order chi connectivity index (χ0) is 39.5. The molecule has 282 valence electrons. The predicted octanol–water partition coefficient (Wildman–Crippen LogP) is 8.78. The summed E-state index contributed by atoms with van der Waals surface area (Å²) in [6.07, 6.45) is -5.40. The van der Waals surface area contributed by atoms with E-state index in [1.165, 1.54) is 37.6 Å². The fourth-order valence-electron chi connectivity index (χ4n) is 6.08. The Bertz CT molecular complexity index is 2170. The first-order valence-corrected chi connectivity index (χ1v) is 19.9. The number of pyridine rings is 1. The summed E-state index contributed by atoms with van der Waals surface area (Å²) in [5.41, 5.74) is -3.30. The van der Waals surface area contributed by atoms with E-state index in [1.54, 1.807) is 73.7 Å². The molecule has 0 saturated carbocycles. The molecule has 53 heavy (non-hydrogen) atoms. The SMILES string of the molecule is COc1ccc(-n2c([C@@H]3C[C@@](O[Si](C)(C)C(C)(C)C)(C(F)(F)F)CN3C(=O)OC(C)(C)C)nc3c(-c4ccc(C)nc4)cc(C#N)cc3c2=O)cc1F. The van der Waals surface area contributed by atoms with Gasteiger partial charge in [0.1, 0.15) is 11.4 Å². The molecule has 0 spiro atoms. The van der Waals surface area contributed by atoms with Crippen LogP contribution in [0.5, 0.6) is 5.75 Å². The first-order chi connectivity index (χ1) is 24.4. The monoisotopic (exact) mass is 753 g/mol. The molecule has 2 aromatic heterocycles. The van der Waals surface area contributed by atoms with Crippen LogP contribution in [0.25, 0.3) is 27.7 Å². The number of aryl methyl sites for hydroxylation is 1. The Balaban J connectivity index is 1.91. The molecular formula is C38H43F4N5O5Si. The molecule has 0 bridgehead atoms. The van der Waals surface area contributed by atoms with E-state index in [9.17, 15) is 14.9 Å². The van der Waals surface area contributed by atoms with E-state index in [2.05, 4.69) is 4.98 Å². The van der Waals surface area contributed by atoms with Crippen LogP contribution in [0.3, 0.4) is 0 Å². The van der Waals surface area contributed by atoms with Gasteiger partial charge in [0.05, 0.1) is 47.9 Å². The molecule has 0 unspecified atom stereocenters. The minimum Gasteiger partial charge on any atom is -0.494 e. The van der Waals surface area contributed by atoms with Gasteiger partial charge in [0.2, 0.25) is 0 Å². The summed E-state index contributed by atoms with van der Waals surface area (Å²) in [5, 5.41) is 9.23. The molecule has 1 fully saturated rings. The topological polar surface area (TPSA) is 120 Å². The van der Waals surface area contributed by atoms with Gasteiger partial charge >= 0.3 is 12.3 Å². The fourth-order valence-corrected chi connectivity index (χ4v) is 7.63. The Kier molecular flexibility index (Phi) is 10.1. The maximum Gasteiger partial charge on any atom is 0.418 e. The zero-order valence-electron chi connectivity index (χ0n) is 31.4. The number of fused-ring (bicyclic) bond motifs is 1. The molecule has 2 atom stereocenters.